The van der Waals surface area contributed by atoms with Crippen molar-refractivity contribution in [2.45, 2.75) is 0 Å². The maximum Gasteiger partial charge on any atom is 0.164 e. The van der Waals surface area contributed by atoms with Gasteiger partial charge in [0, 0.05) is 49.8 Å². The Morgan fingerprint density at radius 2 is 0.817 bits per heavy atom. The first kappa shape index (κ1) is 33.9. The summed E-state index contributed by atoms with van der Waals surface area (Å²) >= 11 is 0. The molecule has 0 radical (unpaired) electrons. The van der Waals surface area contributed by atoms with E-state index in [-0.39, 0.29) is 0 Å². The minimum atomic E-state index is 0.626. The highest BCUT2D eigenvalue weighted by atomic mass is 15.2. The zero-order valence-corrected chi connectivity index (χ0v) is 32.4. The molecular formula is C55H35N5. The van der Waals surface area contributed by atoms with Gasteiger partial charge in [-0.25, -0.2) is 15.0 Å². The second kappa shape index (κ2) is 13.8. The number of hydrogen-bond acceptors (Lipinski definition) is 4. The van der Waals surface area contributed by atoms with Crippen LogP contribution in [0.1, 0.15) is 0 Å². The second-order valence-corrected chi connectivity index (χ2v) is 15.2. The molecule has 0 unspecified atom stereocenters. The monoisotopic (exact) mass is 765 g/mol. The van der Waals surface area contributed by atoms with E-state index >= 15 is 0 Å². The molecule has 0 saturated heterocycles. The van der Waals surface area contributed by atoms with Crippen LogP contribution in [0.25, 0.3) is 94.7 Å². The first-order valence-electron chi connectivity index (χ1n) is 20.3. The van der Waals surface area contributed by atoms with Gasteiger partial charge in [-0.05, 0) is 70.6 Å². The highest BCUT2D eigenvalue weighted by Crippen LogP contribution is 2.53. The Labute approximate surface area is 347 Å². The number of fused-ring (bicyclic) bond motifs is 5. The molecule has 5 heteroatoms. The van der Waals surface area contributed by atoms with E-state index in [0.717, 1.165) is 45.0 Å². The Hall–Kier alpha value is -8.15. The van der Waals surface area contributed by atoms with Crippen molar-refractivity contribution in [1.82, 2.24) is 19.5 Å². The van der Waals surface area contributed by atoms with Crippen LogP contribution in [0.5, 0.6) is 0 Å². The average molecular weight is 766 g/mol. The third kappa shape index (κ3) is 5.44. The predicted molar refractivity (Wildman–Crippen MR) is 247 cm³/mol. The second-order valence-electron chi connectivity index (χ2n) is 15.2. The molecule has 280 valence electrons. The smallest absolute Gasteiger partial charge is 0.164 e. The van der Waals surface area contributed by atoms with Gasteiger partial charge in [-0.15, -0.1) is 0 Å². The van der Waals surface area contributed by atoms with Gasteiger partial charge >= 0.3 is 0 Å². The topological polar surface area (TPSA) is 46.8 Å². The van der Waals surface area contributed by atoms with Gasteiger partial charge in [0.1, 0.15) is 0 Å². The molecule has 1 aliphatic heterocycles. The standard InChI is InChI=1S/C55H35N5/c1-4-16-36(17-5-1)53-56-54(37-18-6-2-7-19-37)58-55(57-53)39-30-31-45-47-27-15-26-46-42(32-33-50(52(46)47)59(51(45)35-39)40-21-8-3-9-22-40)38-20-14-23-41(34-38)60-48-28-12-10-24-43(48)44-25-11-13-29-49(44)60/h1-35H. The zero-order valence-electron chi connectivity index (χ0n) is 32.4. The van der Waals surface area contributed by atoms with Gasteiger partial charge < -0.3 is 9.47 Å². The van der Waals surface area contributed by atoms with Crippen LogP contribution in [0.2, 0.25) is 0 Å². The molecule has 0 bridgehead atoms. The van der Waals surface area contributed by atoms with Crippen LogP contribution in [0.15, 0.2) is 212 Å². The number of aromatic nitrogens is 4. The van der Waals surface area contributed by atoms with Crippen LogP contribution in [0.4, 0.5) is 17.1 Å². The van der Waals surface area contributed by atoms with Crippen LogP contribution in [0.3, 0.4) is 0 Å². The maximum absolute atomic E-state index is 5.09. The Kier molecular flexibility index (Phi) is 7.78. The molecule has 12 rings (SSSR count). The van der Waals surface area contributed by atoms with Gasteiger partial charge in [0.05, 0.1) is 22.4 Å². The molecule has 0 amide bonds. The van der Waals surface area contributed by atoms with Crippen molar-refractivity contribution in [2.75, 3.05) is 4.90 Å². The third-order valence-corrected chi connectivity index (χ3v) is 11.8. The zero-order chi connectivity index (χ0) is 39.6. The van der Waals surface area contributed by atoms with Crippen molar-refractivity contribution >= 4 is 49.6 Å². The molecule has 0 N–H and O–H groups in total. The molecule has 0 saturated carbocycles. The largest absolute Gasteiger partial charge is 0.309 e. The molecule has 0 fully saturated rings. The summed E-state index contributed by atoms with van der Waals surface area (Å²) in [5.41, 5.74) is 14.3. The van der Waals surface area contributed by atoms with Crippen LogP contribution in [-0.2, 0) is 0 Å². The molecule has 0 atom stereocenters. The van der Waals surface area contributed by atoms with Gasteiger partial charge in [-0.2, -0.15) is 0 Å². The van der Waals surface area contributed by atoms with Gasteiger partial charge in [0.2, 0.25) is 0 Å². The number of anilines is 3. The van der Waals surface area contributed by atoms with E-state index in [1.165, 1.54) is 49.3 Å². The fourth-order valence-corrected chi connectivity index (χ4v) is 9.07. The van der Waals surface area contributed by atoms with Crippen molar-refractivity contribution in [2.24, 2.45) is 0 Å². The number of para-hydroxylation sites is 3. The lowest BCUT2D eigenvalue weighted by Crippen LogP contribution is -2.15. The summed E-state index contributed by atoms with van der Waals surface area (Å²) in [6.45, 7) is 0. The molecule has 0 spiro atoms. The highest BCUT2D eigenvalue weighted by Gasteiger charge is 2.28. The van der Waals surface area contributed by atoms with E-state index < -0.39 is 0 Å². The summed E-state index contributed by atoms with van der Waals surface area (Å²) in [5.74, 6) is 1.91. The van der Waals surface area contributed by atoms with Crippen LogP contribution in [0, 0.1) is 0 Å². The van der Waals surface area contributed by atoms with Gasteiger partial charge in [0.15, 0.2) is 17.5 Å². The summed E-state index contributed by atoms with van der Waals surface area (Å²) in [6.07, 6.45) is 0. The summed E-state index contributed by atoms with van der Waals surface area (Å²) < 4.78 is 2.39. The Morgan fingerprint density at radius 3 is 1.48 bits per heavy atom. The normalized spacial score (nSPS) is 12.0. The molecule has 5 nitrogen and oxygen atoms in total. The Bertz CT molecular complexity index is 3320. The lowest BCUT2D eigenvalue weighted by atomic mass is 9.87. The molecule has 9 aromatic carbocycles. The van der Waals surface area contributed by atoms with Gasteiger partial charge in [0.25, 0.3) is 0 Å². The SMILES string of the molecule is c1ccc(-c2nc(-c3ccccc3)nc(-c3ccc4c(c3)N(c3ccccc3)c3ccc(-c5cccc(-n6c7ccccc7c7ccccc76)c5)c5cccc-4c35)n2)cc1. The van der Waals surface area contributed by atoms with E-state index in [1.807, 2.05) is 60.7 Å². The van der Waals surface area contributed by atoms with Crippen molar-refractivity contribution in [3.05, 3.63) is 212 Å². The first-order chi connectivity index (χ1) is 29.8. The fourth-order valence-electron chi connectivity index (χ4n) is 9.07. The van der Waals surface area contributed by atoms with E-state index in [2.05, 4.69) is 161 Å². The summed E-state index contributed by atoms with van der Waals surface area (Å²) in [7, 11) is 0. The molecular weight excluding hydrogens is 731 g/mol. The van der Waals surface area contributed by atoms with E-state index in [9.17, 15) is 0 Å². The molecule has 3 heterocycles. The number of hydrogen-bond donors (Lipinski definition) is 0. The minimum absolute atomic E-state index is 0.626. The average Bonchev–Trinajstić information content (AvgIpc) is 3.67. The van der Waals surface area contributed by atoms with E-state index in [1.54, 1.807) is 0 Å². The summed E-state index contributed by atoms with van der Waals surface area (Å²) in [6, 6.07) is 75.2. The molecule has 60 heavy (non-hydrogen) atoms. The number of rotatable bonds is 6. The quantitative estimate of drug-likeness (QED) is 0.169. The van der Waals surface area contributed by atoms with E-state index in [0.29, 0.717) is 17.5 Å². The number of nitrogens with zero attached hydrogens (tertiary/aromatic N) is 5. The van der Waals surface area contributed by atoms with Crippen LogP contribution < -0.4 is 4.90 Å². The van der Waals surface area contributed by atoms with Crippen LogP contribution >= 0.6 is 0 Å². The van der Waals surface area contributed by atoms with Crippen molar-refractivity contribution in [1.29, 1.82) is 0 Å². The lowest BCUT2D eigenvalue weighted by molar-refractivity contribution is 1.07. The van der Waals surface area contributed by atoms with Crippen molar-refractivity contribution in [3.63, 3.8) is 0 Å². The van der Waals surface area contributed by atoms with E-state index in [4.69, 9.17) is 15.0 Å². The molecule has 2 aromatic heterocycles. The fraction of sp³-hybridized carbons (Fsp3) is 0. The Morgan fingerprint density at radius 1 is 0.300 bits per heavy atom. The highest BCUT2D eigenvalue weighted by molar-refractivity contribution is 6.18. The molecule has 1 aliphatic rings. The third-order valence-electron chi connectivity index (χ3n) is 11.8. The molecule has 0 aliphatic carbocycles. The minimum Gasteiger partial charge on any atom is -0.309 e. The lowest BCUT2D eigenvalue weighted by Gasteiger charge is -2.34. The van der Waals surface area contributed by atoms with Crippen molar-refractivity contribution in [3.8, 4) is 62.1 Å². The maximum atomic E-state index is 5.09. The number of benzene rings is 9. The molecule has 11 aromatic rings. The summed E-state index contributed by atoms with van der Waals surface area (Å²) in [5, 5.41) is 4.94. The van der Waals surface area contributed by atoms with Gasteiger partial charge in [-0.3, -0.25) is 0 Å². The van der Waals surface area contributed by atoms with Crippen LogP contribution in [-0.4, -0.2) is 19.5 Å². The first-order valence-corrected chi connectivity index (χ1v) is 20.3. The van der Waals surface area contributed by atoms with Gasteiger partial charge in [-0.1, -0.05) is 164 Å². The summed E-state index contributed by atoms with van der Waals surface area (Å²) in [4.78, 5) is 17.5. The van der Waals surface area contributed by atoms with Crippen molar-refractivity contribution < 1.29 is 0 Å². The Balaban J connectivity index is 1.04. The predicted octanol–water partition coefficient (Wildman–Crippen LogP) is 14.2.